The monoisotopic (exact) mass is 292 g/mol. The smallest absolute Gasteiger partial charge is 0.277 e. The van der Waals surface area contributed by atoms with Crippen molar-refractivity contribution in [2.24, 2.45) is 0 Å². The van der Waals surface area contributed by atoms with Crippen molar-refractivity contribution < 1.29 is 18.9 Å². The summed E-state index contributed by atoms with van der Waals surface area (Å²) < 4.78 is 14.8. The number of aromatic nitrogens is 2. The molecule has 1 heterocycles. The van der Waals surface area contributed by atoms with Crippen LogP contribution in [0.5, 0.6) is 11.5 Å². The lowest BCUT2D eigenvalue weighted by molar-refractivity contribution is 0.0930. The number of nitrogen functional groups attached to an aromatic ring is 1. The van der Waals surface area contributed by atoms with E-state index in [9.17, 15) is 4.79 Å². The number of benzene rings is 1. The van der Waals surface area contributed by atoms with Gasteiger partial charge in [0.2, 0.25) is 11.5 Å². The van der Waals surface area contributed by atoms with Gasteiger partial charge in [0.05, 0.1) is 20.3 Å². The summed E-state index contributed by atoms with van der Waals surface area (Å²) in [5.41, 5.74) is 6.23. The zero-order valence-electron chi connectivity index (χ0n) is 11.9. The van der Waals surface area contributed by atoms with Gasteiger partial charge >= 0.3 is 0 Å². The first-order valence-electron chi connectivity index (χ1n) is 6.17. The van der Waals surface area contributed by atoms with E-state index in [1.165, 1.54) is 0 Å². The van der Waals surface area contributed by atoms with Crippen LogP contribution >= 0.6 is 0 Å². The molecule has 8 nitrogen and oxygen atoms in total. The molecule has 0 aliphatic carbocycles. The lowest BCUT2D eigenvalue weighted by Gasteiger charge is -2.17. The summed E-state index contributed by atoms with van der Waals surface area (Å²) in [6.07, 6.45) is 0. The maximum Gasteiger partial charge on any atom is 0.277 e. The zero-order chi connectivity index (χ0) is 15.4. The standard InChI is InChI=1S/C13H16N4O4/c1-7(15-13(18)11-12(14)17-21-16-11)9-5-4-8(19-2)6-10(9)20-3/h4-7H,1-3H3,(H2,14,17)(H,15,18). The molecule has 1 atom stereocenters. The number of rotatable bonds is 5. The van der Waals surface area contributed by atoms with E-state index in [1.807, 2.05) is 13.0 Å². The molecule has 1 aromatic carbocycles. The molecule has 1 unspecified atom stereocenters. The minimum absolute atomic E-state index is 0.0469. The summed E-state index contributed by atoms with van der Waals surface area (Å²) >= 11 is 0. The van der Waals surface area contributed by atoms with Gasteiger partial charge in [0.15, 0.2) is 0 Å². The fourth-order valence-corrected chi connectivity index (χ4v) is 1.87. The average Bonchev–Trinajstić information content (AvgIpc) is 2.92. The summed E-state index contributed by atoms with van der Waals surface area (Å²) in [7, 11) is 3.12. The highest BCUT2D eigenvalue weighted by atomic mass is 16.6. The lowest BCUT2D eigenvalue weighted by Crippen LogP contribution is -2.27. The van der Waals surface area contributed by atoms with Crippen LogP contribution in [0, 0.1) is 0 Å². The molecule has 0 aliphatic rings. The highest BCUT2D eigenvalue weighted by molar-refractivity contribution is 5.96. The van der Waals surface area contributed by atoms with Gasteiger partial charge in [-0.2, -0.15) is 0 Å². The number of nitrogens with zero attached hydrogens (tertiary/aromatic N) is 2. The number of amides is 1. The lowest BCUT2D eigenvalue weighted by atomic mass is 10.1. The van der Waals surface area contributed by atoms with E-state index in [1.54, 1.807) is 26.4 Å². The normalized spacial score (nSPS) is 11.8. The van der Waals surface area contributed by atoms with Gasteiger partial charge in [-0.25, -0.2) is 4.63 Å². The molecule has 1 amide bonds. The molecular weight excluding hydrogens is 276 g/mol. The molecule has 112 valence electrons. The summed E-state index contributed by atoms with van der Waals surface area (Å²) in [5, 5.41) is 9.57. The van der Waals surface area contributed by atoms with Gasteiger partial charge in [0.1, 0.15) is 11.5 Å². The summed E-state index contributed by atoms with van der Waals surface area (Å²) in [5.74, 6) is 0.744. The van der Waals surface area contributed by atoms with E-state index in [-0.39, 0.29) is 17.6 Å². The van der Waals surface area contributed by atoms with Crippen molar-refractivity contribution in [3.8, 4) is 11.5 Å². The van der Waals surface area contributed by atoms with Gasteiger partial charge in [-0.05, 0) is 29.4 Å². The second-order valence-electron chi connectivity index (χ2n) is 4.30. The van der Waals surface area contributed by atoms with E-state index in [0.717, 1.165) is 5.56 Å². The third-order valence-corrected chi connectivity index (χ3v) is 2.98. The Balaban J connectivity index is 2.18. The molecule has 2 aromatic rings. The van der Waals surface area contributed by atoms with Crippen LogP contribution in [0.2, 0.25) is 0 Å². The van der Waals surface area contributed by atoms with Crippen molar-refractivity contribution in [1.82, 2.24) is 15.6 Å². The fourth-order valence-electron chi connectivity index (χ4n) is 1.87. The molecule has 2 rings (SSSR count). The quantitative estimate of drug-likeness (QED) is 0.850. The molecule has 0 saturated carbocycles. The Kier molecular flexibility index (Phi) is 4.27. The van der Waals surface area contributed by atoms with Crippen LogP contribution in [-0.2, 0) is 0 Å². The molecule has 0 fully saturated rings. The number of carbonyl (C=O) groups is 1. The number of hydrogen-bond acceptors (Lipinski definition) is 7. The first-order chi connectivity index (χ1) is 10.1. The summed E-state index contributed by atoms with van der Waals surface area (Å²) in [6.45, 7) is 1.81. The van der Waals surface area contributed by atoms with Gasteiger partial charge in [-0.1, -0.05) is 0 Å². The largest absolute Gasteiger partial charge is 0.497 e. The first-order valence-corrected chi connectivity index (χ1v) is 6.17. The van der Waals surface area contributed by atoms with Gasteiger partial charge in [0, 0.05) is 11.6 Å². The highest BCUT2D eigenvalue weighted by Gasteiger charge is 2.20. The molecule has 3 N–H and O–H groups in total. The molecule has 0 bridgehead atoms. The number of carbonyl (C=O) groups excluding carboxylic acids is 1. The number of ether oxygens (including phenoxy) is 2. The van der Waals surface area contributed by atoms with Crippen LogP contribution in [0.25, 0.3) is 0 Å². The molecule has 21 heavy (non-hydrogen) atoms. The maximum absolute atomic E-state index is 12.0. The molecule has 0 aliphatic heterocycles. The van der Waals surface area contributed by atoms with Crippen LogP contribution in [-0.4, -0.2) is 30.4 Å². The molecule has 0 saturated heterocycles. The Morgan fingerprint density at radius 2 is 2.10 bits per heavy atom. The van der Waals surface area contributed by atoms with Crippen LogP contribution in [0.3, 0.4) is 0 Å². The van der Waals surface area contributed by atoms with E-state index >= 15 is 0 Å². The molecule has 1 aromatic heterocycles. The van der Waals surface area contributed by atoms with Crippen molar-refractivity contribution >= 4 is 11.7 Å². The number of hydrogen-bond donors (Lipinski definition) is 2. The van der Waals surface area contributed by atoms with Crippen molar-refractivity contribution in [2.75, 3.05) is 20.0 Å². The SMILES string of the molecule is COc1ccc(C(C)NC(=O)c2nonc2N)c(OC)c1. The highest BCUT2D eigenvalue weighted by Crippen LogP contribution is 2.29. The minimum Gasteiger partial charge on any atom is -0.497 e. The average molecular weight is 292 g/mol. The molecule has 0 spiro atoms. The van der Waals surface area contributed by atoms with Crippen molar-refractivity contribution in [3.63, 3.8) is 0 Å². The predicted octanol–water partition coefficient (Wildman–Crippen LogP) is 1.16. The third kappa shape index (κ3) is 3.04. The zero-order valence-corrected chi connectivity index (χ0v) is 11.9. The van der Waals surface area contributed by atoms with Gasteiger partial charge < -0.3 is 20.5 Å². The summed E-state index contributed by atoms with van der Waals surface area (Å²) in [6, 6.07) is 5.01. The minimum atomic E-state index is -0.473. The van der Waals surface area contributed by atoms with Gasteiger partial charge in [-0.3, -0.25) is 4.79 Å². The number of methoxy groups -OCH3 is 2. The predicted molar refractivity (Wildman–Crippen MR) is 74.1 cm³/mol. The fraction of sp³-hybridized carbons (Fsp3) is 0.308. The van der Waals surface area contributed by atoms with E-state index in [4.69, 9.17) is 15.2 Å². The Morgan fingerprint density at radius 3 is 2.67 bits per heavy atom. The van der Waals surface area contributed by atoms with Crippen LogP contribution < -0.4 is 20.5 Å². The Bertz CT molecular complexity index is 641. The van der Waals surface area contributed by atoms with E-state index in [0.29, 0.717) is 11.5 Å². The van der Waals surface area contributed by atoms with Gasteiger partial charge in [-0.15, -0.1) is 0 Å². The van der Waals surface area contributed by atoms with Gasteiger partial charge in [0.25, 0.3) is 5.91 Å². The number of nitrogens with two attached hydrogens (primary N) is 1. The second-order valence-corrected chi connectivity index (χ2v) is 4.30. The molecule has 0 radical (unpaired) electrons. The van der Waals surface area contributed by atoms with E-state index < -0.39 is 5.91 Å². The third-order valence-electron chi connectivity index (χ3n) is 2.98. The first kappa shape index (κ1) is 14.6. The second kappa shape index (κ2) is 6.12. The number of anilines is 1. The van der Waals surface area contributed by atoms with E-state index in [2.05, 4.69) is 20.3 Å². The number of nitrogens with one attached hydrogen (secondary N) is 1. The van der Waals surface area contributed by atoms with Crippen molar-refractivity contribution in [1.29, 1.82) is 0 Å². The topological polar surface area (TPSA) is 112 Å². The Hall–Kier alpha value is -2.77. The van der Waals surface area contributed by atoms with Crippen molar-refractivity contribution in [3.05, 3.63) is 29.5 Å². The van der Waals surface area contributed by atoms with Crippen molar-refractivity contribution in [2.45, 2.75) is 13.0 Å². The van der Waals surface area contributed by atoms with Crippen LogP contribution in [0.15, 0.2) is 22.8 Å². The summed E-state index contributed by atoms with van der Waals surface area (Å²) in [4.78, 5) is 12.0. The Labute approximate surface area is 121 Å². The molecular formula is C13H16N4O4. The Morgan fingerprint density at radius 1 is 1.33 bits per heavy atom. The van der Waals surface area contributed by atoms with Crippen LogP contribution in [0.4, 0.5) is 5.82 Å². The van der Waals surface area contributed by atoms with Crippen LogP contribution in [0.1, 0.15) is 29.0 Å². The maximum atomic E-state index is 12.0. The molecule has 8 heteroatoms.